The van der Waals surface area contributed by atoms with Gasteiger partial charge in [-0.2, -0.15) is 0 Å². The molecule has 0 saturated carbocycles. The van der Waals surface area contributed by atoms with Gasteiger partial charge >= 0.3 is 5.97 Å². The molecule has 118 valence electrons. The quantitative estimate of drug-likeness (QED) is 0.598. The summed E-state index contributed by atoms with van der Waals surface area (Å²) in [5.41, 5.74) is 8.54. The second-order valence-electron chi connectivity index (χ2n) is 5.04. The number of rotatable bonds is 1. The monoisotopic (exact) mass is 311 g/mol. The van der Waals surface area contributed by atoms with Crippen LogP contribution < -0.4 is 11.3 Å². The van der Waals surface area contributed by atoms with Crippen LogP contribution >= 0.6 is 0 Å². The lowest BCUT2D eigenvalue weighted by molar-refractivity contribution is 0.0698. The number of benzene rings is 2. The number of nitrogens with one attached hydrogen (secondary N) is 1. The van der Waals surface area contributed by atoms with Gasteiger partial charge in [-0.25, -0.2) is 9.78 Å². The highest BCUT2D eigenvalue weighted by atomic mass is 16.4. The van der Waals surface area contributed by atoms with Crippen molar-refractivity contribution in [2.75, 3.05) is 5.73 Å². The average Bonchev–Trinajstić information content (AvgIpc) is 2.52. The molecule has 0 atom stereocenters. The first-order valence-electron chi connectivity index (χ1n) is 6.93. The van der Waals surface area contributed by atoms with E-state index in [-0.39, 0.29) is 11.1 Å². The van der Waals surface area contributed by atoms with Gasteiger partial charge in [-0.15, -0.1) is 0 Å². The molecule has 0 radical (unpaired) electrons. The van der Waals surface area contributed by atoms with E-state index in [2.05, 4.69) is 9.97 Å². The molecule has 0 unspecified atom stereocenters. The van der Waals surface area contributed by atoms with Gasteiger partial charge in [0.25, 0.3) is 5.56 Å². The molecule has 1 heterocycles. The van der Waals surface area contributed by atoms with Gasteiger partial charge in [0.05, 0.1) is 22.8 Å². The number of H-pyrrole nitrogens is 1. The first-order valence-corrected chi connectivity index (χ1v) is 6.93. The number of nitrogens with two attached hydrogens (primary N) is 1. The Kier molecular flexibility index (Phi) is 4.75. The van der Waals surface area contributed by atoms with Crippen molar-refractivity contribution in [3.63, 3.8) is 0 Å². The number of aromatic carboxylic acids is 1. The molecular formula is C17H17N3O3. The number of hydrogen-bond acceptors (Lipinski definition) is 4. The van der Waals surface area contributed by atoms with E-state index >= 15 is 0 Å². The van der Waals surface area contributed by atoms with Crippen molar-refractivity contribution in [3.05, 3.63) is 69.8 Å². The normalized spacial score (nSPS) is 10.0. The van der Waals surface area contributed by atoms with Gasteiger partial charge in [0.15, 0.2) is 0 Å². The van der Waals surface area contributed by atoms with Crippen molar-refractivity contribution in [1.82, 2.24) is 9.97 Å². The number of anilines is 1. The smallest absolute Gasteiger partial charge is 0.337 e. The summed E-state index contributed by atoms with van der Waals surface area (Å²) in [6.45, 7) is 3.72. The number of aromatic nitrogens is 2. The summed E-state index contributed by atoms with van der Waals surface area (Å²) in [5.74, 6) is -0.980. The Morgan fingerprint density at radius 3 is 2.39 bits per heavy atom. The van der Waals surface area contributed by atoms with Crippen LogP contribution in [0.15, 0.2) is 47.5 Å². The van der Waals surface area contributed by atoms with Crippen LogP contribution in [-0.2, 0) is 0 Å². The maximum atomic E-state index is 11.2. The van der Waals surface area contributed by atoms with Crippen molar-refractivity contribution in [1.29, 1.82) is 0 Å². The Balaban J connectivity index is 0.000000168. The van der Waals surface area contributed by atoms with Gasteiger partial charge < -0.3 is 15.8 Å². The third-order valence-corrected chi connectivity index (χ3v) is 3.43. The predicted octanol–water partition coefficient (Wildman–Crippen LogP) is 2.51. The number of aromatic amines is 1. The summed E-state index contributed by atoms with van der Waals surface area (Å²) in [7, 11) is 0. The number of nitrogen functional groups attached to an aromatic ring is 1. The van der Waals surface area contributed by atoms with Gasteiger partial charge in [0, 0.05) is 5.69 Å². The number of carbonyl (C=O) groups is 1. The number of aryl methyl sites for hydroxylation is 2. The maximum Gasteiger partial charge on any atom is 0.337 e. The predicted molar refractivity (Wildman–Crippen MR) is 89.7 cm³/mol. The molecule has 0 aliphatic heterocycles. The number of carboxylic acids is 1. The van der Waals surface area contributed by atoms with E-state index in [4.69, 9.17) is 10.8 Å². The highest BCUT2D eigenvalue weighted by Crippen LogP contribution is 2.15. The van der Waals surface area contributed by atoms with Crippen LogP contribution in [-0.4, -0.2) is 21.0 Å². The molecule has 0 aliphatic rings. The first kappa shape index (κ1) is 16.2. The Morgan fingerprint density at radius 1 is 1.13 bits per heavy atom. The van der Waals surface area contributed by atoms with E-state index in [1.807, 2.05) is 19.1 Å². The zero-order chi connectivity index (χ0) is 17.0. The number of carboxylic acid groups (broad SMARTS) is 1. The third kappa shape index (κ3) is 3.55. The lowest BCUT2D eigenvalue weighted by atomic mass is 10.1. The SMILES string of the molecule is Cc1cccc(C(=O)O)c1N.Cc1cccc2c(=O)[nH]cnc12. The van der Waals surface area contributed by atoms with E-state index in [0.717, 1.165) is 16.6 Å². The van der Waals surface area contributed by atoms with E-state index in [1.165, 1.54) is 12.4 Å². The standard InChI is InChI=1S/C9H8N2O.C8H9NO2/c1-6-3-2-4-7-8(6)10-5-11-9(7)12;1-5-3-2-4-6(7(5)9)8(10)11/h2-5H,1H3,(H,10,11,12);2-4H,9H2,1H3,(H,10,11). The molecule has 0 bridgehead atoms. The van der Waals surface area contributed by atoms with Crippen molar-refractivity contribution in [2.45, 2.75) is 13.8 Å². The lowest BCUT2D eigenvalue weighted by Crippen LogP contribution is -2.06. The Morgan fingerprint density at radius 2 is 1.78 bits per heavy atom. The summed E-state index contributed by atoms with van der Waals surface area (Å²) >= 11 is 0. The van der Waals surface area contributed by atoms with Gasteiger partial charge in [-0.3, -0.25) is 4.79 Å². The van der Waals surface area contributed by atoms with Gasteiger partial charge in [0.1, 0.15) is 0 Å². The first-order chi connectivity index (χ1) is 10.9. The van der Waals surface area contributed by atoms with E-state index < -0.39 is 5.97 Å². The van der Waals surface area contributed by atoms with Crippen molar-refractivity contribution in [2.24, 2.45) is 0 Å². The van der Waals surface area contributed by atoms with E-state index in [1.54, 1.807) is 25.1 Å². The van der Waals surface area contributed by atoms with Crippen molar-refractivity contribution in [3.8, 4) is 0 Å². The van der Waals surface area contributed by atoms with Crippen molar-refractivity contribution < 1.29 is 9.90 Å². The molecule has 0 aliphatic carbocycles. The van der Waals surface area contributed by atoms with Crippen LogP contribution in [0.25, 0.3) is 10.9 Å². The molecule has 1 aromatic heterocycles. The molecule has 2 aromatic carbocycles. The van der Waals surface area contributed by atoms with E-state index in [0.29, 0.717) is 11.1 Å². The fourth-order valence-electron chi connectivity index (χ4n) is 2.11. The third-order valence-electron chi connectivity index (χ3n) is 3.43. The van der Waals surface area contributed by atoms with Crippen molar-refractivity contribution >= 4 is 22.6 Å². The lowest BCUT2D eigenvalue weighted by Gasteiger charge is -2.02. The minimum Gasteiger partial charge on any atom is -0.478 e. The average molecular weight is 311 g/mol. The molecule has 4 N–H and O–H groups in total. The molecule has 3 rings (SSSR count). The second kappa shape index (κ2) is 6.74. The topological polar surface area (TPSA) is 109 Å². The van der Waals surface area contributed by atoms with Crippen LogP contribution in [0.3, 0.4) is 0 Å². The summed E-state index contributed by atoms with van der Waals surface area (Å²) in [4.78, 5) is 28.4. The number of para-hydroxylation sites is 2. The highest BCUT2D eigenvalue weighted by molar-refractivity contribution is 5.94. The number of hydrogen-bond donors (Lipinski definition) is 3. The Bertz CT molecular complexity index is 916. The molecule has 0 spiro atoms. The van der Waals surface area contributed by atoms with Gasteiger partial charge in [-0.1, -0.05) is 24.3 Å². The highest BCUT2D eigenvalue weighted by Gasteiger charge is 2.07. The van der Waals surface area contributed by atoms with Crippen LogP contribution in [0.2, 0.25) is 0 Å². The summed E-state index contributed by atoms with van der Waals surface area (Å²) in [5, 5.41) is 9.26. The molecular weight excluding hydrogens is 294 g/mol. The van der Waals surface area contributed by atoms with Gasteiger partial charge in [-0.05, 0) is 37.1 Å². The molecule has 0 saturated heterocycles. The number of nitrogens with zero attached hydrogens (tertiary/aromatic N) is 1. The maximum absolute atomic E-state index is 11.2. The molecule has 23 heavy (non-hydrogen) atoms. The molecule has 6 heteroatoms. The molecule has 0 amide bonds. The summed E-state index contributed by atoms with van der Waals surface area (Å²) in [6.07, 6.45) is 1.43. The fourth-order valence-corrected chi connectivity index (χ4v) is 2.11. The molecule has 6 nitrogen and oxygen atoms in total. The zero-order valence-corrected chi connectivity index (χ0v) is 12.8. The van der Waals surface area contributed by atoms with Crippen LogP contribution in [0.1, 0.15) is 21.5 Å². The summed E-state index contributed by atoms with van der Waals surface area (Å²) < 4.78 is 0. The minimum atomic E-state index is -0.980. The van der Waals surface area contributed by atoms with Crippen LogP contribution in [0.4, 0.5) is 5.69 Å². The van der Waals surface area contributed by atoms with Crippen LogP contribution in [0, 0.1) is 13.8 Å². The Labute approximate surface area is 132 Å². The largest absolute Gasteiger partial charge is 0.478 e. The van der Waals surface area contributed by atoms with Gasteiger partial charge in [0.2, 0.25) is 0 Å². The zero-order valence-electron chi connectivity index (χ0n) is 12.8. The summed E-state index contributed by atoms with van der Waals surface area (Å²) in [6, 6.07) is 10.5. The molecule has 0 fully saturated rings. The Hall–Kier alpha value is -3.15. The fraction of sp³-hybridized carbons (Fsp3) is 0.118. The number of fused-ring (bicyclic) bond motifs is 1. The second-order valence-corrected chi connectivity index (χ2v) is 5.04. The van der Waals surface area contributed by atoms with Crippen LogP contribution in [0.5, 0.6) is 0 Å². The van der Waals surface area contributed by atoms with E-state index in [9.17, 15) is 9.59 Å². The molecule has 3 aromatic rings. The minimum absolute atomic E-state index is 0.0799.